The summed E-state index contributed by atoms with van der Waals surface area (Å²) in [6, 6.07) is 13.1. The number of carboxylic acid groups (broad SMARTS) is 3. The predicted molar refractivity (Wildman–Crippen MR) is 160 cm³/mol. The molecule has 12 heteroatoms. The number of unbranched alkanes of at least 4 members (excludes halogenated alkanes) is 1. The van der Waals surface area contributed by atoms with Crippen LogP contribution in [0.2, 0.25) is 5.02 Å². The van der Waals surface area contributed by atoms with Gasteiger partial charge in [-0.1, -0.05) is 35.7 Å². The van der Waals surface area contributed by atoms with Crippen molar-refractivity contribution < 1.29 is 39.2 Å². The summed E-state index contributed by atoms with van der Waals surface area (Å²) in [5, 5.41) is 28.0. The number of halogens is 1. The van der Waals surface area contributed by atoms with Crippen molar-refractivity contribution in [1.82, 2.24) is 5.32 Å². The molecular weight excluding hydrogens is 566 g/mol. The third kappa shape index (κ3) is 11.1. The minimum atomic E-state index is -1.26. The van der Waals surface area contributed by atoms with Crippen LogP contribution in [-0.4, -0.2) is 78.5 Å². The van der Waals surface area contributed by atoms with E-state index in [0.717, 1.165) is 42.5 Å². The van der Waals surface area contributed by atoms with Gasteiger partial charge in [-0.2, -0.15) is 0 Å². The van der Waals surface area contributed by atoms with Crippen LogP contribution >= 0.6 is 11.6 Å². The molecule has 0 atom stereocenters. The number of carbonyl (C=O) groups is 4. The number of hydrogen-bond acceptors (Lipinski definition) is 7. The molecule has 0 saturated carbocycles. The highest BCUT2D eigenvalue weighted by Gasteiger charge is 2.30. The topological polar surface area (TPSA) is 157 Å². The molecule has 1 aliphatic heterocycles. The molecule has 0 spiro atoms. The molecule has 0 saturated heterocycles. The Morgan fingerprint density at radius 2 is 1.55 bits per heavy atom. The van der Waals surface area contributed by atoms with E-state index in [-0.39, 0.29) is 12.5 Å². The minimum absolute atomic E-state index is 0.113. The fraction of sp³-hybridized carbons (Fsp3) is 0.267. The van der Waals surface area contributed by atoms with E-state index in [1.54, 1.807) is 23.1 Å². The van der Waals surface area contributed by atoms with Crippen LogP contribution in [0, 0.1) is 12.3 Å². The number of para-hydroxylation sites is 2. The van der Waals surface area contributed by atoms with Gasteiger partial charge in [0.2, 0.25) is 0 Å². The van der Waals surface area contributed by atoms with Crippen molar-refractivity contribution in [3.8, 4) is 12.3 Å². The number of anilines is 3. The molecule has 0 aromatic heterocycles. The molecule has 11 nitrogen and oxygen atoms in total. The van der Waals surface area contributed by atoms with Gasteiger partial charge in [0.05, 0.1) is 29.2 Å². The Balaban J connectivity index is 0.000000675. The van der Waals surface area contributed by atoms with Gasteiger partial charge in [0.15, 0.2) is 0 Å². The molecule has 0 fully saturated rings. The second kappa shape index (κ2) is 17.9. The average Bonchev–Trinajstić information content (AvgIpc) is 3.04. The molecule has 222 valence electrons. The normalized spacial score (nSPS) is 12.2. The minimum Gasteiger partial charge on any atom is -0.478 e. The van der Waals surface area contributed by atoms with Crippen molar-refractivity contribution in [1.29, 1.82) is 0 Å². The Hall–Kier alpha value is -4.63. The molecule has 42 heavy (non-hydrogen) atoms. The van der Waals surface area contributed by atoms with Gasteiger partial charge in [-0.05, 0) is 49.7 Å². The highest BCUT2D eigenvalue weighted by molar-refractivity contribution is 6.31. The molecule has 0 radical (unpaired) electrons. The lowest BCUT2D eigenvalue weighted by Crippen LogP contribution is -2.33. The zero-order valence-corrected chi connectivity index (χ0v) is 23.5. The fourth-order valence-electron chi connectivity index (χ4n) is 3.97. The number of ether oxygens (including phenoxy) is 1. The average molecular weight is 598 g/mol. The summed E-state index contributed by atoms with van der Waals surface area (Å²) >= 11 is 6.33. The first-order valence-corrected chi connectivity index (χ1v) is 13.3. The monoisotopic (exact) mass is 597 g/mol. The van der Waals surface area contributed by atoms with Crippen LogP contribution in [0.15, 0.2) is 66.8 Å². The number of carboxylic acids is 3. The van der Waals surface area contributed by atoms with Crippen molar-refractivity contribution in [2.24, 2.45) is 0 Å². The van der Waals surface area contributed by atoms with Gasteiger partial charge >= 0.3 is 17.9 Å². The molecule has 1 amide bonds. The van der Waals surface area contributed by atoms with Crippen molar-refractivity contribution in [2.75, 3.05) is 49.2 Å². The van der Waals surface area contributed by atoms with Gasteiger partial charge in [0.1, 0.15) is 6.61 Å². The van der Waals surface area contributed by atoms with Gasteiger partial charge in [-0.15, -0.1) is 6.42 Å². The number of benzene rings is 2. The SMILES string of the molecule is C#CCOCCN1C(=O)c2ccc(Cl)cc2N(CCCCNC/C=C/C(=O)O)c2ccccc21.O=C(O)/C=C\C(=O)O. The first kappa shape index (κ1) is 33.6. The molecule has 1 heterocycles. The van der Waals surface area contributed by atoms with E-state index < -0.39 is 17.9 Å². The Morgan fingerprint density at radius 3 is 2.17 bits per heavy atom. The number of carbonyl (C=O) groups excluding carboxylic acids is 1. The first-order valence-electron chi connectivity index (χ1n) is 12.9. The number of terminal acetylenes is 1. The predicted octanol–water partition coefficient (Wildman–Crippen LogP) is 3.81. The zero-order valence-electron chi connectivity index (χ0n) is 22.7. The van der Waals surface area contributed by atoms with Crippen LogP contribution in [0.5, 0.6) is 0 Å². The Labute approximate surface area is 248 Å². The molecule has 0 unspecified atom stereocenters. The summed E-state index contributed by atoms with van der Waals surface area (Å²) in [6.45, 7) is 2.84. The second-order valence-corrected chi connectivity index (χ2v) is 9.11. The van der Waals surface area contributed by atoms with E-state index in [1.165, 1.54) is 0 Å². The van der Waals surface area contributed by atoms with Crippen LogP contribution in [0.3, 0.4) is 0 Å². The van der Waals surface area contributed by atoms with Crippen molar-refractivity contribution in [3.63, 3.8) is 0 Å². The maximum Gasteiger partial charge on any atom is 0.328 e. The second-order valence-electron chi connectivity index (χ2n) is 8.68. The van der Waals surface area contributed by atoms with Crippen LogP contribution in [-0.2, 0) is 19.1 Å². The molecule has 1 aliphatic rings. The third-order valence-electron chi connectivity index (χ3n) is 5.71. The maximum atomic E-state index is 13.5. The van der Waals surface area contributed by atoms with Gasteiger partial charge in [-0.25, -0.2) is 14.4 Å². The highest BCUT2D eigenvalue weighted by atomic mass is 35.5. The fourth-order valence-corrected chi connectivity index (χ4v) is 4.14. The largest absolute Gasteiger partial charge is 0.478 e. The number of rotatable bonds is 14. The Kier molecular flexibility index (Phi) is 14.3. The maximum absolute atomic E-state index is 13.5. The molecule has 2 aromatic carbocycles. The third-order valence-corrected chi connectivity index (χ3v) is 5.95. The standard InChI is InChI=1S/C26H28ClN3O4.C4H4O4/c1-2-17-34-18-16-30-23-9-4-3-8-22(23)29(15-6-5-13-28-14-7-10-25(31)32)24-19-20(27)11-12-21(24)26(30)33;5-3(6)1-2-4(7)8/h1,3-4,7-12,19,28H,5-6,13-18H2,(H,31,32);1-2H,(H,5,6)(H,7,8)/b10-7+;2-1-. The van der Waals surface area contributed by atoms with Crippen LogP contribution < -0.4 is 15.1 Å². The summed E-state index contributed by atoms with van der Waals surface area (Å²) < 4.78 is 5.45. The van der Waals surface area contributed by atoms with E-state index in [4.69, 9.17) is 38.1 Å². The van der Waals surface area contributed by atoms with E-state index in [2.05, 4.69) is 16.1 Å². The zero-order chi connectivity index (χ0) is 30.9. The van der Waals surface area contributed by atoms with E-state index in [9.17, 15) is 19.2 Å². The van der Waals surface area contributed by atoms with Gasteiger partial charge < -0.3 is 35.2 Å². The lowest BCUT2D eigenvalue weighted by Gasteiger charge is -2.27. The van der Waals surface area contributed by atoms with Crippen LogP contribution in [0.1, 0.15) is 23.2 Å². The molecule has 0 bridgehead atoms. The number of nitrogens with one attached hydrogen (secondary N) is 1. The quantitative estimate of drug-likeness (QED) is 0.143. The smallest absolute Gasteiger partial charge is 0.328 e. The number of hydrogen-bond donors (Lipinski definition) is 4. The van der Waals surface area contributed by atoms with Gasteiger partial charge in [0, 0.05) is 42.9 Å². The van der Waals surface area contributed by atoms with Crippen LogP contribution in [0.4, 0.5) is 17.1 Å². The number of nitrogens with zero attached hydrogens (tertiary/aromatic N) is 2. The highest BCUT2D eigenvalue weighted by Crippen LogP contribution is 2.41. The molecule has 3 rings (SSSR count). The van der Waals surface area contributed by atoms with Gasteiger partial charge in [-0.3, -0.25) is 4.79 Å². The number of aliphatic carboxylic acids is 3. The first-order chi connectivity index (χ1) is 20.1. The number of fused-ring (bicyclic) bond motifs is 2. The molecule has 4 N–H and O–H groups in total. The summed E-state index contributed by atoms with van der Waals surface area (Å²) in [7, 11) is 0. The van der Waals surface area contributed by atoms with E-state index in [0.29, 0.717) is 49.0 Å². The van der Waals surface area contributed by atoms with Crippen LogP contribution in [0.25, 0.3) is 0 Å². The van der Waals surface area contributed by atoms with Gasteiger partial charge in [0.25, 0.3) is 5.91 Å². The van der Waals surface area contributed by atoms with E-state index >= 15 is 0 Å². The van der Waals surface area contributed by atoms with Crippen molar-refractivity contribution in [2.45, 2.75) is 12.8 Å². The Morgan fingerprint density at radius 1 is 0.905 bits per heavy atom. The Bertz CT molecular complexity index is 1340. The summed E-state index contributed by atoms with van der Waals surface area (Å²) in [4.78, 5) is 47.1. The summed E-state index contributed by atoms with van der Waals surface area (Å²) in [6.07, 6.45) is 10.8. The van der Waals surface area contributed by atoms with E-state index in [1.807, 2.05) is 30.3 Å². The molecular formula is C30H32ClN3O8. The molecule has 2 aromatic rings. The lowest BCUT2D eigenvalue weighted by atomic mass is 10.1. The van der Waals surface area contributed by atoms with Crippen molar-refractivity contribution >= 4 is 52.5 Å². The summed E-state index contributed by atoms with van der Waals surface area (Å²) in [5.74, 6) is -1.14. The summed E-state index contributed by atoms with van der Waals surface area (Å²) in [5.41, 5.74) is 3.08. The van der Waals surface area contributed by atoms with Crippen molar-refractivity contribution in [3.05, 3.63) is 77.4 Å². The molecule has 0 aliphatic carbocycles. The number of amides is 1. The lowest BCUT2D eigenvalue weighted by molar-refractivity contribution is -0.134.